The summed E-state index contributed by atoms with van der Waals surface area (Å²) >= 11 is 0. The summed E-state index contributed by atoms with van der Waals surface area (Å²) in [6, 6.07) is 0. The fourth-order valence-corrected chi connectivity index (χ4v) is 4.08. The maximum absolute atomic E-state index is 12.2. The molecule has 154 valence electrons. The second kappa shape index (κ2) is 10.6. The third-order valence-electron chi connectivity index (χ3n) is 5.62. The number of hydrogen-bond acceptors (Lipinski definition) is 5. The van der Waals surface area contributed by atoms with Crippen molar-refractivity contribution in [2.24, 2.45) is 0 Å². The van der Waals surface area contributed by atoms with E-state index < -0.39 is 23.3 Å². The van der Waals surface area contributed by atoms with Gasteiger partial charge in [0.1, 0.15) is 6.10 Å². The monoisotopic (exact) mass is 371 g/mol. The van der Waals surface area contributed by atoms with Crippen LogP contribution in [0.3, 0.4) is 0 Å². The summed E-state index contributed by atoms with van der Waals surface area (Å²) in [4.78, 5) is 12.2. The van der Waals surface area contributed by atoms with E-state index in [9.17, 15) is 15.1 Å². The predicted molar refractivity (Wildman–Crippen MR) is 104 cm³/mol. The van der Waals surface area contributed by atoms with Gasteiger partial charge in [-0.25, -0.2) is 0 Å². The Morgan fingerprint density at radius 3 is 2.04 bits per heavy atom. The highest BCUT2D eigenvalue weighted by atomic mass is 16.6. The number of rotatable bonds is 11. The van der Waals surface area contributed by atoms with Crippen LogP contribution in [0.1, 0.15) is 105 Å². The van der Waals surface area contributed by atoms with Gasteiger partial charge in [-0.2, -0.15) is 5.06 Å². The molecule has 0 aliphatic carbocycles. The average Bonchev–Trinajstić information content (AvgIpc) is 2.55. The van der Waals surface area contributed by atoms with Crippen molar-refractivity contribution in [2.45, 2.75) is 129 Å². The van der Waals surface area contributed by atoms with Crippen molar-refractivity contribution in [3.8, 4) is 0 Å². The first kappa shape index (κ1) is 23.4. The van der Waals surface area contributed by atoms with E-state index in [4.69, 9.17) is 4.74 Å². The van der Waals surface area contributed by atoms with Crippen LogP contribution >= 0.6 is 0 Å². The van der Waals surface area contributed by atoms with Crippen LogP contribution in [0.4, 0.5) is 0 Å². The molecule has 1 heterocycles. The van der Waals surface area contributed by atoms with Crippen LogP contribution in [0.2, 0.25) is 0 Å². The lowest BCUT2D eigenvalue weighted by Gasteiger charge is -2.53. The molecule has 0 aromatic rings. The minimum absolute atomic E-state index is 0.279. The molecular weight excluding hydrogens is 330 g/mol. The minimum atomic E-state index is -0.824. The number of carbonyl (C=O) groups is 1. The fourth-order valence-electron chi connectivity index (χ4n) is 4.08. The molecule has 2 atom stereocenters. The molecular formula is C21H41NO4. The molecule has 5 heteroatoms. The van der Waals surface area contributed by atoms with Gasteiger partial charge in [-0.15, -0.1) is 0 Å². The van der Waals surface area contributed by atoms with Crippen molar-refractivity contribution >= 4 is 5.97 Å². The van der Waals surface area contributed by atoms with Crippen molar-refractivity contribution in [1.29, 1.82) is 0 Å². The first-order valence-electron chi connectivity index (χ1n) is 10.5. The average molecular weight is 372 g/mol. The highest BCUT2D eigenvalue weighted by molar-refractivity contribution is 5.69. The van der Waals surface area contributed by atoms with E-state index in [2.05, 4.69) is 6.92 Å². The molecule has 1 fully saturated rings. The van der Waals surface area contributed by atoms with Crippen LogP contribution in [-0.4, -0.2) is 44.6 Å². The number of ether oxygens (including phenoxy) is 1. The number of esters is 1. The van der Waals surface area contributed by atoms with Crippen LogP contribution < -0.4 is 0 Å². The van der Waals surface area contributed by atoms with Gasteiger partial charge < -0.3 is 15.1 Å². The molecule has 1 saturated heterocycles. The lowest BCUT2D eigenvalue weighted by molar-refractivity contribution is -0.293. The maximum Gasteiger partial charge on any atom is 0.306 e. The van der Waals surface area contributed by atoms with Crippen LogP contribution in [0.5, 0.6) is 0 Å². The van der Waals surface area contributed by atoms with Gasteiger partial charge >= 0.3 is 5.97 Å². The summed E-state index contributed by atoms with van der Waals surface area (Å²) in [7, 11) is 0. The Bertz CT molecular complexity index is 422. The standard InChI is InChI=1S/C21H41NO4/c1-6-7-8-9-10-11-12-13-14-15-18(24)26-19-17(23)16-20(2,3)22(25)21(19,4)5/h17,19,23,25H,6-16H2,1-5H3. The first-order chi connectivity index (χ1) is 12.1. The number of hydroxylamine groups is 2. The smallest absolute Gasteiger partial charge is 0.306 e. The maximum atomic E-state index is 12.2. The van der Waals surface area contributed by atoms with E-state index in [1.54, 1.807) is 13.8 Å². The van der Waals surface area contributed by atoms with Crippen molar-refractivity contribution < 1.29 is 19.8 Å². The fraction of sp³-hybridized carbons (Fsp3) is 0.952. The Kier molecular flexibility index (Phi) is 9.56. The Labute approximate surface area is 160 Å². The minimum Gasteiger partial charge on any atom is -0.458 e. The number of piperidine rings is 1. The Morgan fingerprint density at radius 1 is 1.00 bits per heavy atom. The summed E-state index contributed by atoms with van der Waals surface area (Å²) in [6.07, 6.45) is 10.1. The van der Waals surface area contributed by atoms with E-state index in [0.29, 0.717) is 12.8 Å². The van der Waals surface area contributed by atoms with Gasteiger partial charge in [-0.3, -0.25) is 4.79 Å². The highest BCUT2D eigenvalue weighted by Gasteiger charge is 2.53. The molecule has 1 aliphatic heterocycles. The molecule has 1 rings (SSSR count). The molecule has 0 radical (unpaired) electrons. The number of aliphatic hydroxyl groups is 1. The largest absolute Gasteiger partial charge is 0.458 e. The van der Waals surface area contributed by atoms with Gasteiger partial charge in [0, 0.05) is 12.0 Å². The third-order valence-corrected chi connectivity index (χ3v) is 5.62. The van der Waals surface area contributed by atoms with Crippen LogP contribution in [0.15, 0.2) is 0 Å². The first-order valence-corrected chi connectivity index (χ1v) is 10.5. The van der Waals surface area contributed by atoms with Crippen molar-refractivity contribution in [2.75, 3.05) is 0 Å². The number of carbonyl (C=O) groups excluding carboxylic acids is 1. The van der Waals surface area contributed by atoms with Gasteiger partial charge in [0.25, 0.3) is 0 Å². The van der Waals surface area contributed by atoms with Gasteiger partial charge in [0.2, 0.25) is 0 Å². The molecule has 5 nitrogen and oxygen atoms in total. The molecule has 2 unspecified atom stereocenters. The van der Waals surface area contributed by atoms with E-state index in [0.717, 1.165) is 19.3 Å². The lowest BCUT2D eigenvalue weighted by atomic mass is 9.78. The van der Waals surface area contributed by atoms with Gasteiger partial charge in [-0.05, 0) is 40.5 Å². The van der Waals surface area contributed by atoms with E-state index >= 15 is 0 Å². The molecule has 1 aliphatic rings. The number of unbranched alkanes of at least 4 members (excludes halogenated alkanes) is 8. The zero-order chi connectivity index (χ0) is 19.8. The molecule has 0 spiro atoms. The lowest BCUT2D eigenvalue weighted by Crippen LogP contribution is -2.68. The zero-order valence-corrected chi connectivity index (χ0v) is 17.6. The number of aliphatic hydroxyl groups excluding tert-OH is 1. The predicted octanol–water partition coefficient (Wildman–Crippen LogP) is 4.83. The summed E-state index contributed by atoms with van der Waals surface area (Å²) in [5.41, 5.74) is -1.38. The van der Waals surface area contributed by atoms with Crippen molar-refractivity contribution in [3.05, 3.63) is 0 Å². The van der Waals surface area contributed by atoms with E-state index in [1.807, 2.05) is 13.8 Å². The van der Waals surface area contributed by atoms with E-state index in [-0.39, 0.29) is 5.97 Å². The van der Waals surface area contributed by atoms with Crippen LogP contribution in [-0.2, 0) is 9.53 Å². The van der Waals surface area contributed by atoms with Crippen molar-refractivity contribution in [1.82, 2.24) is 5.06 Å². The Balaban J connectivity index is 2.28. The van der Waals surface area contributed by atoms with Crippen LogP contribution in [0, 0.1) is 0 Å². The molecule has 0 amide bonds. The Morgan fingerprint density at radius 2 is 1.50 bits per heavy atom. The summed E-state index contributed by atoms with van der Waals surface area (Å²) in [6.45, 7) is 9.57. The topological polar surface area (TPSA) is 70.0 Å². The van der Waals surface area contributed by atoms with Gasteiger partial charge in [0.15, 0.2) is 0 Å². The molecule has 2 N–H and O–H groups in total. The Hall–Kier alpha value is -0.650. The highest BCUT2D eigenvalue weighted by Crippen LogP contribution is 2.38. The van der Waals surface area contributed by atoms with Crippen LogP contribution in [0.25, 0.3) is 0 Å². The van der Waals surface area contributed by atoms with Crippen molar-refractivity contribution in [3.63, 3.8) is 0 Å². The quantitative estimate of drug-likeness (QED) is 0.402. The number of hydrogen-bond donors (Lipinski definition) is 2. The van der Waals surface area contributed by atoms with Gasteiger partial charge in [0.05, 0.1) is 11.6 Å². The SMILES string of the molecule is CCCCCCCCCCCC(=O)OC1C(O)CC(C)(C)N(O)C1(C)C. The summed E-state index contributed by atoms with van der Waals surface area (Å²) in [5.74, 6) is -0.279. The molecule has 26 heavy (non-hydrogen) atoms. The van der Waals surface area contributed by atoms with E-state index in [1.165, 1.54) is 43.6 Å². The molecule has 0 bridgehead atoms. The molecule has 0 aromatic heterocycles. The normalized spacial score (nSPS) is 25.2. The summed E-state index contributed by atoms with van der Waals surface area (Å²) in [5, 5.41) is 22.1. The second-order valence-electron chi connectivity index (χ2n) is 9.04. The number of nitrogens with zero attached hydrogens (tertiary/aromatic N) is 1. The second-order valence-corrected chi connectivity index (χ2v) is 9.04. The molecule has 0 saturated carbocycles. The van der Waals surface area contributed by atoms with Gasteiger partial charge in [-0.1, -0.05) is 58.3 Å². The molecule has 0 aromatic carbocycles. The zero-order valence-electron chi connectivity index (χ0n) is 17.6. The summed E-state index contributed by atoms with van der Waals surface area (Å²) < 4.78 is 5.56. The third kappa shape index (κ3) is 6.82.